The van der Waals surface area contributed by atoms with Crippen LogP contribution in [0.2, 0.25) is 0 Å². The molecular weight excluding hydrogens is 434 g/mol. The third-order valence-corrected chi connectivity index (χ3v) is 7.24. The summed E-state index contributed by atoms with van der Waals surface area (Å²) in [4.78, 5) is 0. The maximum Gasteiger partial charge on any atom is 0.288 e. The third kappa shape index (κ3) is 6.51. The molecule has 0 fully saturated rings. The van der Waals surface area contributed by atoms with Gasteiger partial charge in [-0.25, -0.2) is 0 Å². The van der Waals surface area contributed by atoms with E-state index < -0.39 is 10.1 Å². The van der Waals surface area contributed by atoms with Crippen molar-refractivity contribution in [3.05, 3.63) is 47.0 Å². The highest BCUT2D eigenvalue weighted by molar-refractivity contribution is 7.86. The van der Waals surface area contributed by atoms with Gasteiger partial charge in [0.15, 0.2) is 11.5 Å². The zero-order valence-electron chi connectivity index (χ0n) is 20.7. The van der Waals surface area contributed by atoms with E-state index in [4.69, 9.17) is 9.02 Å². The van der Waals surface area contributed by atoms with Crippen LogP contribution in [0.1, 0.15) is 89.3 Å². The minimum absolute atomic E-state index is 0.0244. The molecule has 0 atom stereocenters. The molecule has 0 amide bonds. The van der Waals surface area contributed by atoms with Gasteiger partial charge in [-0.2, -0.15) is 13.5 Å². The Hall–Kier alpha value is -2.05. The second-order valence-electron chi connectivity index (χ2n) is 8.95. The molecule has 0 N–H and O–H groups in total. The van der Waals surface area contributed by atoms with Gasteiger partial charge in [0.1, 0.15) is 11.4 Å². The Kier molecular flexibility index (Phi) is 9.21. The molecule has 0 saturated carbocycles. The van der Waals surface area contributed by atoms with Crippen LogP contribution in [0, 0.1) is 0 Å². The van der Waals surface area contributed by atoms with Gasteiger partial charge in [0.05, 0.1) is 5.75 Å². The summed E-state index contributed by atoms with van der Waals surface area (Å²) in [6, 6.07) is 10.3. The highest BCUT2D eigenvalue weighted by atomic mass is 32.2. The average Bonchev–Trinajstić information content (AvgIpc) is 2.79. The smallest absolute Gasteiger partial charge is 0.288 e. The van der Waals surface area contributed by atoms with Crippen molar-refractivity contribution in [2.45, 2.75) is 91.9 Å². The quantitative estimate of drug-likeness (QED) is 0.299. The fourth-order valence-corrected chi connectivity index (χ4v) is 5.14. The summed E-state index contributed by atoms with van der Waals surface area (Å²) in [5.74, 6) is 1.28. The van der Waals surface area contributed by atoms with E-state index in [0.29, 0.717) is 23.6 Å². The van der Waals surface area contributed by atoms with Gasteiger partial charge in [-0.1, -0.05) is 59.1 Å². The van der Waals surface area contributed by atoms with Gasteiger partial charge in [0.2, 0.25) is 0 Å². The van der Waals surface area contributed by atoms with Crippen molar-refractivity contribution >= 4 is 21.5 Å². The SMILES string of the molecule is CCCCc1cc(CCCC)c2c(c1)Oc1ccc(CCCC)cc1N2OS(=O)(=O)CCC. The molecule has 5 nitrogen and oxygen atoms in total. The summed E-state index contributed by atoms with van der Waals surface area (Å²) in [5.41, 5.74) is 4.84. The fraction of sp³-hybridized carbons (Fsp3) is 0.556. The fourth-order valence-electron chi connectivity index (χ4n) is 4.18. The van der Waals surface area contributed by atoms with E-state index in [2.05, 4.69) is 39.0 Å². The first-order valence-electron chi connectivity index (χ1n) is 12.6. The molecule has 0 radical (unpaired) electrons. The molecule has 6 heteroatoms. The maximum absolute atomic E-state index is 12.8. The number of hydrogen-bond donors (Lipinski definition) is 0. The molecule has 0 unspecified atom stereocenters. The van der Waals surface area contributed by atoms with Gasteiger partial charge in [-0.15, -0.1) is 4.28 Å². The summed E-state index contributed by atoms with van der Waals surface area (Å²) in [6.07, 6.45) is 9.74. The first-order valence-corrected chi connectivity index (χ1v) is 14.2. The van der Waals surface area contributed by atoms with Crippen molar-refractivity contribution < 1.29 is 17.4 Å². The number of hydrogen-bond acceptors (Lipinski definition) is 5. The molecule has 0 spiro atoms. The van der Waals surface area contributed by atoms with Gasteiger partial charge >= 0.3 is 0 Å². The maximum atomic E-state index is 12.8. The van der Waals surface area contributed by atoms with E-state index in [1.165, 1.54) is 10.6 Å². The van der Waals surface area contributed by atoms with Crippen molar-refractivity contribution in [2.75, 3.05) is 10.8 Å². The predicted molar refractivity (Wildman–Crippen MR) is 136 cm³/mol. The summed E-state index contributed by atoms with van der Waals surface area (Å²) >= 11 is 0. The van der Waals surface area contributed by atoms with Crippen LogP contribution in [0.4, 0.5) is 11.4 Å². The molecule has 1 aliphatic rings. The molecule has 182 valence electrons. The van der Waals surface area contributed by atoms with Crippen LogP contribution in [0.5, 0.6) is 11.5 Å². The van der Waals surface area contributed by atoms with Crippen LogP contribution in [-0.2, 0) is 33.7 Å². The van der Waals surface area contributed by atoms with Crippen molar-refractivity contribution in [2.24, 2.45) is 0 Å². The minimum atomic E-state index is -3.74. The molecular formula is C27H39NO4S. The molecule has 33 heavy (non-hydrogen) atoms. The van der Waals surface area contributed by atoms with Gasteiger partial charge in [-0.05, 0) is 79.8 Å². The number of aryl methyl sites for hydroxylation is 3. The molecule has 2 aromatic carbocycles. The number of nitrogens with zero attached hydrogens (tertiary/aromatic N) is 1. The monoisotopic (exact) mass is 473 g/mol. The Morgan fingerprint density at radius 1 is 0.788 bits per heavy atom. The zero-order chi connectivity index (χ0) is 23.8. The van der Waals surface area contributed by atoms with Crippen LogP contribution < -0.4 is 9.80 Å². The average molecular weight is 474 g/mol. The van der Waals surface area contributed by atoms with Gasteiger partial charge in [0, 0.05) is 0 Å². The van der Waals surface area contributed by atoms with E-state index in [9.17, 15) is 8.42 Å². The van der Waals surface area contributed by atoms with E-state index in [0.717, 1.165) is 74.6 Å². The number of benzene rings is 2. The van der Waals surface area contributed by atoms with Crippen LogP contribution >= 0.6 is 0 Å². The summed E-state index contributed by atoms with van der Waals surface area (Å²) in [5, 5.41) is 1.53. The lowest BCUT2D eigenvalue weighted by Gasteiger charge is -2.33. The van der Waals surface area contributed by atoms with E-state index >= 15 is 0 Å². The summed E-state index contributed by atoms with van der Waals surface area (Å²) < 4.78 is 37.8. The van der Waals surface area contributed by atoms with Crippen molar-refractivity contribution in [3.8, 4) is 11.5 Å². The Labute approximate surface area is 200 Å². The van der Waals surface area contributed by atoms with Crippen molar-refractivity contribution in [3.63, 3.8) is 0 Å². The van der Waals surface area contributed by atoms with E-state index in [-0.39, 0.29) is 5.75 Å². The van der Waals surface area contributed by atoms with Crippen molar-refractivity contribution in [1.29, 1.82) is 0 Å². The van der Waals surface area contributed by atoms with Crippen LogP contribution in [0.3, 0.4) is 0 Å². The Morgan fingerprint density at radius 3 is 2.12 bits per heavy atom. The third-order valence-electron chi connectivity index (χ3n) is 5.96. The number of rotatable bonds is 13. The largest absolute Gasteiger partial charge is 0.453 e. The Bertz CT molecular complexity index is 1030. The minimum Gasteiger partial charge on any atom is -0.453 e. The first-order chi connectivity index (χ1) is 15.9. The first kappa shape index (κ1) is 25.6. The molecule has 0 bridgehead atoms. The Balaban J connectivity index is 2.13. The van der Waals surface area contributed by atoms with E-state index in [1.54, 1.807) is 0 Å². The summed E-state index contributed by atoms with van der Waals surface area (Å²) in [7, 11) is -3.74. The van der Waals surface area contributed by atoms with Crippen molar-refractivity contribution in [1.82, 2.24) is 0 Å². The second-order valence-corrected chi connectivity index (χ2v) is 10.6. The number of unbranched alkanes of at least 4 members (excludes halogenated alkanes) is 3. The highest BCUT2D eigenvalue weighted by Crippen LogP contribution is 2.50. The van der Waals surface area contributed by atoms with E-state index in [1.807, 2.05) is 19.1 Å². The lowest BCUT2D eigenvalue weighted by atomic mass is 9.98. The topological polar surface area (TPSA) is 55.8 Å². The lowest BCUT2D eigenvalue weighted by molar-refractivity contribution is 0.307. The molecule has 0 aromatic heterocycles. The number of anilines is 2. The predicted octanol–water partition coefficient (Wildman–Crippen LogP) is 7.63. The van der Waals surface area contributed by atoms with Crippen LogP contribution in [0.15, 0.2) is 30.3 Å². The second kappa shape index (κ2) is 11.9. The standard InChI is InChI=1S/C27H39NO4S/c1-5-9-12-21-15-16-25-24(19-21)28(32-33(29,30)17-8-4)27-23(14-11-7-3)18-22(13-10-6-2)20-26(27)31-25/h15-16,18-20H,5-14,17H2,1-4H3. The lowest BCUT2D eigenvalue weighted by Crippen LogP contribution is -2.28. The molecule has 0 aliphatic carbocycles. The molecule has 1 aliphatic heterocycles. The van der Waals surface area contributed by atoms with Gasteiger partial charge < -0.3 is 4.74 Å². The zero-order valence-corrected chi connectivity index (χ0v) is 21.5. The normalized spacial score (nSPS) is 12.9. The van der Waals surface area contributed by atoms with Crippen LogP contribution in [-0.4, -0.2) is 14.2 Å². The van der Waals surface area contributed by atoms with Gasteiger partial charge in [-0.3, -0.25) is 0 Å². The molecule has 1 heterocycles. The van der Waals surface area contributed by atoms with Crippen LogP contribution in [0.25, 0.3) is 0 Å². The van der Waals surface area contributed by atoms with Gasteiger partial charge in [0.25, 0.3) is 10.1 Å². The highest BCUT2D eigenvalue weighted by Gasteiger charge is 2.32. The number of fused-ring (bicyclic) bond motifs is 2. The molecule has 0 saturated heterocycles. The molecule has 3 rings (SSSR count). The Morgan fingerprint density at radius 2 is 1.45 bits per heavy atom. The summed E-state index contributed by atoms with van der Waals surface area (Å²) in [6.45, 7) is 8.37. The number of ether oxygens (including phenoxy) is 1. The molecule has 2 aromatic rings.